The van der Waals surface area contributed by atoms with Gasteiger partial charge in [0.1, 0.15) is 0 Å². The van der Waals surface area contributed by atoms with Gasteiger partial charge < -0.3 is 9.47 Å². The van der Waals surface area contributed by atoms with Gasteiger partial charge in [0.2, 0.25) is 0 Å². The summed E-state index contributed by atoms with van der Waals surface area (Å²) >= 11 is 0. The van der Waals surface area contributed by atoms with Crippen molar-refractivity contribution in [2.75, 3.05) is 0 Å². The van der Waals surface area contributed by atoms with Gasteiger partial charge >= 0.3 is 5.97 Å². The summed E-state index contributed by atoms with van der Waals surface area (Å²) in [4.78, 5) is 23.0. The number of ether oxygens (including phenoxy) is 2. The lowest BCUT2D eigenvalue weighted by molar-refractivity contribution is -0.167. The number of hydrogen-bond acceptors (Lipinski definition) is 4. The van der Waals surface area contributed by atoms with Crippen molar-refractivity contribution in [3.63, 3.8) is 0 Å². The Bertz CT molecular complexity index is 245. The second-order valence-corrected chi connectivity index (χ2v) is 4.46. The van der Waals surface area contributed by atoms with Gasteiger partial charge in [0, 0.05) is 5.92 Å². The molecule has 2 atom stereocenters. The standard InChI is InChI=1S/C12H22O4/c1-7(2)11(13)9(5)16-12(14)10(6)15-8(3)4/h7-10H,1-6H3. The van der Waals surface area contributed by atoms with Crippen LogP contribution >= 0.6 is 0 Å². The maximum Gasteiger partial charge on any atom is 0.335 e. The Labute approximate surface area is 97.3 Å². The first-order chi connectivity index (χ1) is 7.25. The summed E-state index contributed by atoms with van der Waals surface area (Å²) in [7, 11) is 0. The highest BCUT2D eigenvalue weighted by molar-refractivity contribution is 5.87. The quantitative estimate of drug-likeness (QED) is 0.654. The molecule has 0 radical (unpaired) electrons. The highest BCUT2D eigenvalue weighted by Crippen LogP contribution is 2.07. The molecule has 0 bridgehead atoms. The molecule has 0 amide bonds. The van der Waals surface area contributed by atoms with E-state index in [9.17, 15) is 9.59 Å². The minimum Gasteiger partial charge on any atom is -0.453 e. The Morgan fingerprint density at radius 3 is 1.75 bits per heavy atom. The van der Waals surface area contributed by atoms with Crippen molar-refractivity contribution in [3.05, 3.63) is 0 Å². The predicted molar refractivity (Wildman–Crippen MR) is 61.1 cm³/mol. The lowest BCUT2D eigenvalue weighted by Crippen LogP contribution is -2.33. The maximum absolute atomic E-state index is 11.5. The summed E-state index contributed by atoms with van der Waals surface area (Å²) in [5, 5.41) is 0. The molecule has 0 aromatic rings. The average Bonchev–Trinajstić information content (AvgIpc) is 2.14. The van der Waals surface area contributed by atoms with Gasteiger partial charge in [0.05, 0.1) is 6.10 Å². The van der Waals surface area contributed by atoms with E-state index in [-0.39, 0.29) is 17.8 Å². The van der Waals surface area contributed by atoms with Crippen LogP contribution in [0, 0.1) is 5.92 Å². The molecule has 94 valence electrons. The maximum atomic E-state index is 11.5. The van der Waals surface area contributed by atoms with E-state index in [0.717, 1.165) is 0 Å². The third-order valence-electron chi connectivity index (χ3n) is 2.07. The first kappa shape index (κ1) is 15.1. The number of esters is 1. The highest BCUT2D eigenvalue weighted by atomic mass is 16.6. The lowest BCUT2D eigenvalue weighted by atomic mass is 10.1. The molecular formula is C12H22O4. The summed E-state index contributed by atoms with van der Waals surface area (Å²) in [6, 6.07) is 0. The summed E-state index contributed by atoms with van der Waals surface area (Å²) in [5.74, 6) is -0.704. The zero-order chi connectivity index (χ0) is 12.9. The molecule has 0 saturated carbocycles. The fourth-order valence-corrected chi connectivity index (χ4v) is 1.26. The number of carbonyl (C=O) groups excluding carboxylic acids is 2. The van der Waals surface area contributed by atoms with E-state index in [4.69, 9.17) is 9.47 Å². The molecular weight excluding hydrogens is 208 g/mol. The van der Waals surface area contributed by atoms with E-state index in [1.807, 2.05) is 13.8 Å². The molecule has 0 saturated heterocycles. The van der Waals surface area contributed by atoms with E-state index in [2.05, 4.69) is 0 Å². The van der Waals surface area contributed by atoms with Gasteiger partial charge in [-0.25, -0.2) is 4.79 Å². The van der Waals surface area contributed by atoms with E-state index >= 15 is 0 Å². The molecule has 0 fully saturated rings. The fraction of sp³-hybridized carbons (Fsp3) is 0.833. The Balaban J connectivity index is 4.18. The van der Waals surface area contributed by atoms with Crippen LogP contribution in [0.3, 0.4) is 0 Å². The van der Waals surface area contributed by atoms with Crippen LogP contribution in [0.1, 0.15) is 41.5 Å². The van der Waals surface area contributed by atoms with Gasteiger partial charge in [-0.15, -0.1) is 0 Å². The molecule has 0 heterocycles. The van der Waals surface area contributed by atoms with Crippen LogP contribution in [0.15, 0.2) is 0 Å². The molecule has 16 heavy (non-hydrogen) atoms. The van der Waals surface area contributed by atoms with Crippen LogP contribution in [-0.4, -0.2) is 30.1 Å². The Morgan fingerprint density at radius 2 is 1.38 bits per heavy atom. The van der Waals surface area contributed by atoms with Crippen molar-refractivity contribution in [2.24, 2.45) is 5.92 Å². The van der Waals surface area contributed by atoms with Crippen LogP contribution in [0.4, 0.5) is 0 Å². The lowest BCUT2D eigenvalue weighted by Gasteiger charge is -2.19. The van der Waals surface area contributed by atoms with Crippen LogP contribution in [0.5, 0.6) is 0 Å². The van der Waals surface area contributed by atoms with Gasteiger partial charge in [0.25, 0.3) is 0 Å². The van der Waals surface area contributed by atoms with Gasteiger partial charge in [-0.2, -0.15) is 0 Å². The number of rotatable bonds is 6. The van der Waals surface area contributed by atoms with Crippen molar-refractivity contribution >= 4 is 11.8 Å². The van der Waals surface area contributed by atoms with Crippen LogP contribution in [-0.2, 0) is 19.1 Å². The number of ketones is 1. The van der Waals surface area contributed by atoms with Gasteiger partial charge in [-0.1, -0.05) is 13.8 Å². The SMILES string of the molecule is CC(C)OC(C)C(=O)OC(C)C(=O)C(C)C. The van der Waals surface area contributed by atoms with Gasteiger partial charge in [-0.3, -0.25) is 4.79 Å². The summed E-state index contributed by atoms with van der Waals surface area (Å²) in [5.41, 5.74) is 0. The third kappa shape index (κ3) is 5.26. The fourth-order valence-electron chi connectivity index (χ4n) is 1.26. The van der Waals surface area contributed by atoms with Crippen LogP contribution in [0.25, 0.3) is 0 Å². The molecule has 0 aromatic heterocycles. The van der Waals surface area contributed by atoms with Gasteiger partial charge in [0.15, 0.2) is 18.0 Å². The Hall–Kier alpha value is -0.900. The molecule has 0 spiro atoms. The predicted octanol–water partition coefficient (Wildman–Crippen LogP) is 1.96. The molecule has 0 aliphatic carbocycles. The normalized spacial score (nSPS) is 15.0. The van der Waals surface area contributed by atoms with Crippen LogP contribution < -0.4 is 0 Å². The molecule has 0 aliphatic heterocycles. The van der Waals surface area contributed by atoms with Crippen molar-refractivity contribution in [1.29, 1.82) is 0 Å². The van der Waals surface area contributed by atoms with Crippen molar-refractivity contribution < 1.29 is 19.1 Å². The largest absolute Gasteiger partial charge is 0.453 e. The minimum absolute atomic E-state index is 0.0429. The van der Waals surface area contributed by atoms with Gasteiger partial charge in [-0.05, 0) is 27.7 Å². The monoisotopic (exact) mass is 230 g/mol. The first-order valence-electron chi connectivity index (χ1n) is 5.65. The minimum atomic E-state index is -0.703. The Kier molecular flexibility index (Phi) is 6.26. The molecule has 0 rings (SSSR count). The Morgan fingerprint density at radius 1 is 0.875 bits per heavy atom. The molecule has 0 N–H and O–H groups in total. The van der Waals surface area contributed by atoms with E-state index in [1.54, 1.807) is 27.7 Å². The second-order valence-electron chi connectivity index (χ2n) is 4.46. The van der Waals surface area contributed by atoms with Crippen molar-refractivity contribution in [2.45, 2.75) is 59.9 Å². The van der Waals surface area contributed by atoms with Crippen molar-refractivity contribution in [3.8, 4) is 0 Å². The number of Topliss-reactive ketones (excluding diaryl/α,β-unsaturated/α-hetero) is 1. The van der Waals surface area contributed by atoms with Crippen LogP contribution in [0.2, 0.25) is 0 Å². The molecule has 4 heteroatoms. The zero-order valence-corrected chi connectivity index (χ0v) is 10.9. The smallest absolute Gasteiger partial charge is 0.335 e. The molecule has 0 aromatic carbocycles. The summed E-state index contributed by atoms with van der Waals surface area (Å²) < 4.78 is 10.3. The molecule has 2 unspecified atom stereocenters. The average molecular weight is 230 g/mol. The van der Waals surface area contributed by atoms with E-state index in [0.29, 0.717) is 0 Å². The number of hydrogen-bond donors (Lipinski definition) is 0. The molecule has 0 aliphatic rings. The first-order valence-corrected chi connectivity index (χ1v) is 5.65. The number of carbonyl (C=O) groups is 2. The van der Waals surface area contributed by atoms with E-state index in [1.165, 1.54) is 0 Å². The van der Waals surface area contributed by atoms with Crippen molar-refractivity contribution in [1.82, 2.24) is 0 Å². The second kappa shape index (κ2) is 6.63. The topological polar surface area (TPSA) is 52.6 Å². The van der Waals surface area contributed by atoms with E-state index < -0.39 is 18.2 Å². The summed E-state index contributed by atoms with van der Waals surface area (Å²) in [6.07, 6.45) is -1.38. The highest BCUT2D eigenvalue weighted by Gasteiger charge is 2.24. The summed E-state index contributed by atoms with van der Waals surface area (Å²) in [6.45, 7) is 10.4. The zero-order valence-electron chi connectivity index (χ0n) is 10.9. The molecule has 4 nitrogen and oxygen atoms in total. The third-order valence-corrected chi connectivity index (χ3v) is 2.07.